The van der Waals surface area contributed by atoms with Gasteiger partial charge in [-0.15, -0.1) is 0 Å². The van der Waals surface area contributed by atoms with Gasteiger partial charge in [0.2, 0.25) is 0 Å². The smallest absolute Gasteiger partial charge is 0.269 e. The summed E-state index contributed by atoms with van der Waals surface area (Å²) in [5.41, 5.74) is 1.89. The van der Waals surface area contributed by atoms with Crippen LogP contribution in [0.1, 0.15) is 11.1 Å². The van der Waals surface area contributed by atoms with Gasteiger partial charge in [-0.3, -0.25) is 9.59 Å². The van der Waals surface area contributed by atoms with Gasteiger partial charge in [0.15, 0.2) is 0 Å². The first-order chi connectivity index (χ1) is 19.6. The van der Waals surface area contributed by atoms with Gasteiger partial charge in [-0.2, -0.15) is 0 Å². The summed E-state index contributed by atoms with van der Waals surface area (Å²) in [7, 11) is 3.12. The molecule has 2 amide bonds. The summed E-state index contributed by atoms with van der Waals surface area (Å²) in [6, 6.07) is 27.7. The normalized spacial score (nSPS) is 12.0. The highest BCUT2D eigenvalue weighted by Gasteiger charge is 2.14. The van der Waals surface area contributed by atoms with Crippen LogP contribution in [0.5, 0.6) is 0 Å². The van der Waals surface area contributed by atoms with Crippen LogP contribution in [-0.4, -0.2) is 58.2 Å². The highest BCUT2D eigenvalue weighted by molar-refractivity contribution is 8.76. The second kappa shape index (κ2) is 14.9. The highest BCUT2D eigenvalue weighted by Crippen LogP contribution is 2.20. The van der Waals surface area contributed by atoms with E-state index in [-0.39, 0.29) is 24.3 Å². The van der Waals surface area contributed by atoms with Crippen molar-refractivity contribution < 1.29 is 20.0 Å². The van der Waals surface area contributed by atoms with Gasteiger partial charge in [-0.25, -0.2) is 0 Å². The minimum absolute atomic E-state index is 0.0562. The van der Waals surface area contributed by atoms with Gasteiger partial charge < -0.3 is 21.0 Å². The second-order valence-electron chi connectivity index (χ2n) is 8.97. The van der Waals surface area contributed by atoms with E-state index in [1.807, 2.05) is 84.9 Å². The Bertz CT molecular complexity index is 1430. The molecule has 8 nitrogen and oxygen atoms in total. The Morgan fingerprint density at radius 1 is 0.600 bits per heavy atom. The third-order valence-electron chi connectivity index (χ3n) is 6.16. The molecule has 10 heteroatoms. The van der Waals surface area contributed by atoms with E-state index in [0.717, 1.165) is 32.7 Å². The first-order valence-electron chi connectivity index (χ1n) is 12.8. The number of carbonyl (C=O) groups is 2. The molecular weight excluding hydrogens is 544 g/mol. The molecule has 4 aromatic rings. The molecule has 0 aromatic heterocycles. The van der Waals surface area contributed by atoms with E-state index in [9.17, 15) is 20.0 Å². The standard InChI is InChI=1S/C30H30N4O4S2/c35-29(27(33-37)19-21-9-11-23-5-1-3-7-25(23)17-21)31-13-15-39-40-16-14-32-30(36)28(34-38)20-22-10-12-24-6-2-4-8-26(24)18-22/h1-12,17-18,37-38H,13-16,19-20H2,(H,31,35)(H,32,36)/b33-27-,34-28+. The Kier molecular flexibility index (Phi) is 10.8. The second-order valence-corrected chi connectivity index (χ2v) is 11.7. The summed E-state index contributed by atoms with van der Waals surface area (Å²) in [5, 5.41) is 35.0. The van der Waals surface area contributed by atoms with Crippen LogP contribution in [0.25, 0.3) is 21.5 Å². The molecule has 0 atom stereocenters. The summed E-state index contributed by atoms with van der Waals surface area (Å²) in [4.78, 5) is 24.9. The lowest BCUT2D eigenvalue weighted by molar-refractivity contribution is -0.115. The van der Waals surface area contributed by atoms with Crippen molar-refractivity contribution in [1.29, 1.82) is 0 Å². The summed E-state index contributed by atoms with van der Waals surface area (Å²) in [5.74, 6) is 0.473. The van der Waals surface area contributed by atoms with Crippen molar-refractivity contribution in [3.05, 3.63) is 96.1 Å². The number of benzene rings is 4. The molecule has 4 aromatic carbocycles. The van der Waals surface area contributed by atoms with E-state index in [4.69, 9.17) is 0 Å². The van der Waals surface area contributed by atoms with Crippen molar-refractivity contribution in [3.63, 3.8) is 0 Å². The number of oxime groups is 2. The average molecular weight is 575 g/mol. The Morgan fingerprint density at radius 2 is 1.00 bits per heavy atom. The van der Waals surface area contributed by atoms with Crippen molar-refractivity contribution in [2.45, 2.75) is 12.8 Å². The summed E-state index contributed by atoms with van der Waals surface area (Å²) < 4.78 is 0. The molecule has 0 radical (unpaired) electrons. The van der Waals surface area contributed by atoms with Crippen molar-refractivity contribution in [1.82, 2.24) is 10.6 Å². The lowest BCUT2D eigenvalue weighted by Crippen LogP contribution is -2.34. The Morgan fingerprint density at radius 3 is 1.40 bits per heavy atom. The monoisotopic (exact) mass is 574 g/mol. The van der Waals surface area contributed by atoms with Crippen molar-refractivity contribution >= 4 is 66.4 Å². The summed E-state index contributed by atoms with van der Waals surface area (Å²) in [6.07, 6.45) is 0.462. The van der Waals surface area contributed by atoms with Gasteiger partial charge >= 0.3 is 0 Å². The molecule has 0 fully saturated rings. The molecule has 0 bridgehead atoms. The first kappa shape index (κ1) is 29.0. The van der Waals surface area contributed by atoms with Crippen LogP contribution in [0.4, 0.5) is 0 Å². The van der Waals surface area contributed by atoms with E-state index >= 15 is 0 Å². The van der Waals surface area contributed by atoms with Crippen LogP contribution >= 0.6 is 21.6 Å². The van der Waals surface area contributed by atoms with E-state index < -0.39 is 11.8 Å². The van der Waals surface area contributed by atoms with E-state index in [1.165, 1.54) is 0 Å². The fourth-order valence-electron chi connectivity index (χ4n) is 4.14. The predicted octanol–water partition coefficient (Wildman–Crippen LogP) is 5.05. The molecule has 4 rings (SSSR count). The molecule has 0 saturated carbocycles. The van der Waals surface area contributed by atoms with Gasteiger partial charge in [0.25, 0.3) is 11.8 Å². The van der Waals surface area contributed by atoms with Gasteiger partial charge in [0.05, 0.1) is 0 Å². The lowest BCUT2D eigenvalue weighted by Gasteiger charge is -2.09. The SMILES string of the molecule is O=C(NCCSSCCNC(=O)/C(Cc1ccc2ccccc2c1)=N/O)/C(Cc1ccc2ccccc2c1)=N\O. The molecule has 0 aliphatic heterocycles. The van der Waals surface area contributed by atoms with Crippen LogP contribution in [0.2, 0.25) is 0 Å². The van der Waals surface area contributed by atoms with E-state index in [1.54, 1.807) is 21.6 Å². The quantitative estimate of drug-likeness (QED) is 0.0583. The topological polar surface area (TPSA) is 123 Å². The molecule has 0 unspecified atom stereocenters. The van der Waals surface area contributed by atoms with Crippen molar-refractivity contribution in [2.75, 3.05) is 24.6 Å². The largest absolute Gasteiger partial charge is 0.410 e. The number of carbonyl (C=O) groups excluding carboxylic acids is 2. The van der Waals surface area contributed by atoms with Gasteiger partial charge in [-0.1, -0.05) is 117 Å². The number of nitrogens with one attached hydrogen (secondary N) is 2. The van der Waals surface area contributed by atoms with Crippen LogP contribution in [0, 0.1) is 0 Å². The summed E-state index contributed by atoms with van der Waals surface area (Å²) >= 11 is 0. The van der Waals surface area contributed by atoms with Crippen LogP contribution in [0.15, 0.2) is 95.2 Å². The molecule has 0 aliphatic rings. The molecule has 0 aliphatic carbocycles. The number of fused-ring (bicyclic) bond motifs is 2. The Labute approximate surface area is 240 Å². The maximum absolute atomic E-state index is 12.4. The maximum atomic E-state index is 12.4. The third kappa shape index (κ3) is 8.24. The number of hydrogen-bond donors (Lipinski definition) is 4. The molecule has 206 valence electrons. The summed E-state index contributed by atoms with van der Waals surface area (Å²) in [6.45, 7) is 0.819. The van der Waals surface area contributed by atoms with E-state index in [2.05, 4.69) is 20.9 Å². The minimum atomic E-state index is -0.407. The molecule has 0 spiro atoms. The van der Waals surface area contributed by atoms with Gasteiger partial charge in [-0.05, 0) is 32.7 Å². The fraction of sp³-hybridized carbons (Fsp3) is 0.200. The lowest BCUT2D eigenvalue weighted by atomic mass is 10.0. The molecule has 4 N–H and O–H groups in total. The van der Waals surface area contributed by atoms with Crippen LogP contribution in [0.3, 0.4) is 0 Å². The molecule has 0 heterocycles. The third-order valence-corrected chi connectivity index (χ3v) is 8.57. The Balaban J connectivity index is 1.11. The first-order valence-corrected chi connectivity index (χ1v) is 15.2. The number of amides is 2. The number of nitrogens with zero attached hydrogens (tertiary/aromatic N) is 2. The zero-order valence-electron chi connectivity index (χ0n) is 21.7. The zero-order chi connectivity index (χ0) is 28.2. The van der Waals surface area contributed by atoms with Crippen molar-refractivity contribution in [3.8, 4) is 0 Å². The molecule has 0 saturated heterocycles. The average Bonchev–Trinajstić information content (AvgIpc) is 2.99. The minimum Gasteiger partial charge on any atom is -0.410 e. The highest BCUT2D eigenvalue weighted by atomic mass is 33.1. The fourth-order valence-corrected chi connectivity index (χ4v) is 5.95. The number of rotatable bonds is 13. The Hall–Kier alpha value is -4.02. The van der Waals surface area contributed by atoms with Gasteiger partial charge in [0, 0.05) is 37.4 Å². The maximum Gasteiger partial charge on any atom is 0.269 e. The van der Waals surface area contributed by atoms with Crippen LogP contribution < -0.4 is 10.6 Å². The van der Waals surface area contributed by atoms with Gasteiger partial charge in [0.1, 0.15) is 11.4 Å². The zero-order valence-corrected chi connectivity index (χ0v) is 23.4. The molecular formula is C30H30N4O4S2. The van der Waals surface area contributed by atoms with Crippen LogP contribution in [-0.2, 0) is 22.4 Å². The van der Waals surface area contributed by atoms with Crippen molar-refractivity contribution in [2.24, 2.45) is 10.3 Å². The number of hydrogen-bond acceptors (Lipinski definition) is 8. The molecule has 40 heavy (non-hydrogen) atoms. The predicted molar refractivity (Wildman–Crippen MR) is 165 cm³/mol. The van der Waals surface area contributed by atoms with E-state index in [0.29, 0.717) is 24.6 Å².